The molecule has 0 aliphatic heterocycles. The molecule has 0 saturated heterocycles. The van der Waals surface area contributed by atoms with Gasteiger partial charge in [0.15, 0.2) is 11.5 Å². The summed E-state index contributed by atoms with van der Waals surface area (Å²) in [5, 5.41) is 19.9. The Morgan fingerprint density at radius 2 is 2.00 bits per heavy atom. The van der Waals surface area contributed by atoms with Crippen LogP contribution in [0.25, 0.3) is 17.0 Å². The summed E-state index contributed by atoms with van der Waals surface area (Å²) < 4.78 is 13.8. The van der Waals surface area contributed by atoms with Gasteiger partial charge >= 0.3 is 0 Å². The summed E-state index contributed by atoms with van der Waals surface area (Å²) in [6.07, 6.45) is 2.15. The minimum absolute atomic E-state index is 0.131. The molecule has 5 rings (SSSR count). The molecule has 0 bridgehead atoms. The lowest BCUT2D eigenvalue weighted by atomic mass is 10.2. The number of carbonyl (C=O) groups excluding carboxylic acids is 1. The quantitative estimate of drug-likeness (QED) is 0.371. The number of aromatic nitrogens is 6. The van der Waals surface area contributed by atoms with Gasteiger partial charge in [0.1, 0.15) is 18.9 Å². The number of rotatable bonds is 9. The molecule has 3 heterocycles. The van der Waals surface area contributed by atoms with Crippen LogP contribution in [-0.4, -0.2) is 55.8 Å². The van der Waals surface area contributed by atoms with Gasteiger partial charge < -0.3 is 14.8 Å². The zero-order valence-corrected chi connectivity index (χ0v) is 18.5. The van der Waals surface area contributed by atoms with Gasteiger partial charge in [-0.2, -0.15) is 9.61 Å². The molecule has 0 spiro atoms. The van der Waals surface area contributed by atoms with E-state index in [1.807, 2.05) is 24.3 Å². The maximum absolute atomic E-state index is 12.3. The van der Waals surface area contributed by atoms with Crippen molar-refractivity contribution in [2.24, 2.45) is 0 Å². The zero-order chi connectivity index (χ0) is 23.5. The predicted molar refractivity (Wildman–Crippen MR) is 122 cm³/mol. The molecule has 1 saturated carbocycles. The monoisotopic (exact) mass is 461 g/mol. The Labute approximate surface area is 194 Å². The molecule has 3 aromatic heterocycles. The van der Waals surface area contributed by atoms with Crippen molar-refractivity contribution in [1.82, 2.24) is 34.9 Å². The van der Waals surface area contributed by atoms with Crippen LogP contribution in [0.15, 0.2) is 53.3 Å². The highest BCUT2D eigenvalue weighted by Gasteiger charge is 2.25. The second-order valence-electron chi connectivity index (χ2n) is 7.92. The highest BCUT2D eigenvalue weighted by atomic mass is 16.5. The van der Waals surface area contributed by atoms with Gasteiger partial charge in [0, 0.05) is 23.6 Å². The van der Waals surface area contributed by atoms with E-state index in [1.54, 1.807) is 29.8 Å². The molecule has 1 amide bonds. The van der Waals surface area contributed by atoms with Crippen molar-refractivity contribution in [3.8, 4) is 23.0 Å². The molecule has 4 aromatic rings. The highest BCUT2D eigenvalue weighted by molar-refractivity contribution is 5.75. The van der Waals surface area contributed by atoms with Gasteiger partial charge in [-0.05, 0) is 37.1 Å². The van der Waals surface area contributed by atoms with E-state index in [-0.39, 0.29) is 31.2 Å². The van der Waals surface area contributed by atoms with Crippen molar-refractivity contribution in [2.75, 3.05) is 20.3 Å². The van der Waals surface area contributed by atoms with Crippen molar-refractivity contribution in [1.29, 1.82) is 0 Å². The third-order valence-electron chi connectivity index (χ3n) is 5.42. The van der Waals surface area contributed by atoms with Crippen LogP contribution in [-0.2, 0) is 11.3 Å². The number of nitrogens with one attached hydrogen (secondary N) is 1. The average molecular weight is 461 g/mol. The Morgan fingerprint density at radius 3 is 2.82 bits per heavy atom. The first kappa shape index (κ1) is 21.6. The van der Waals surface area contributed by atoms with Gasteiger partial charge in [0.05, 0.1) is 19.3 Å². The van der Waals surface area contributed by atoms with E-state index in [2.05, 4.69) is 25.7 Å². The minimum atomic E-state index is -0.311. The van der Waals surface area contributed by atoms with E-state index < -0.39 is 0 Å². The van der Waals surface area contributed by atoms with Crippen LogP contribution < -0.4 is 20.3 Å². The van der Waals surface area contributed by atoms with Crippen LogP contribution in [0.2, 0.25) is 0 Å². The molecule has 1 fully saturated rings. The maximum Gasteiger partial charge on any atom is 0.267 e. The summed E-state index contributed by atoms with van der Waals surface area (Å²) in [4.78, 5) is 24.2. The molecule has 1 aliphatic carbocycles. The van der Waals surface area contributed by atoms with Crippen molar-refractivity contribution in [3.63, 3.8) is 0 Å². The predicted octanol–water partition coefficient (Wildman–Crippen LogP) is 1.43. The van der Waals surface area contributed by atoms with Crippen LogP contribution in [0.3, 0.4) is 0 Å². The van der Waals surface area contributed by atoms with E-state index in [9.17, 15) is 9.59 Å². The fourth-order valence-corrected chi connectivity index (χ4v) is 3.50. The van der Waals surface area contributed by atoms with Crippen LogP contribution >= 0.6 is 0 Å². The lowest BCUT2D eigenvalue weighted by Gasteiger charge is -2.09. The van der Waals surface area contributed by atoms with Gasteiger partial charge in [-0.1, -0.05) is 12.1 Å². The largest absolute Gasteiger partial charge is 0.497 e. The Balaban J connectivity index is 1.18. The van der Waals surface area contributed by atoms with Gasteiger partial charge in [-0.15, -0.1) is 15.3 Å². The Morgan fingerprint density at radius 1 is 1.12 bits per heavy atom. The number of fused-ring (bicyclic) bond motifs is 1. The molecule has 11 nitrogen and oxygen atoms in total. The number of benzene rings is 1. The van der Waals surface area contributed by atoms with Gasteiger partial charge in [0.2, 0.25) is 11.8 Å². The lowest BCUT2D eigenvalue weighted by Crippen LogP contribution is -2.35. The Kier molecular flexibility index (Phi) is 5.90. The van der Waals surface area contributed by atoms with Gasteiger partial charge in [-0.3, -0.25) is 9.59 Å². The first-order valence-corrected chi connectivity index (χ1v) is 10.9. The van der Waals surface area contributed by atoms with E-state index in [0.717, 1.165) is 24.1 Å². The summed E-state index contributed by atoms with van der Waals surface area (Å²) in [5.74, 6) is 1.71. The topological polar surface area (TPSA) is 126 Å². The third-order valence-corrected chi connectivity index (χ3v) is 5.42. The molecule has 1 aromatic carbocycles. The van der Waals surface area contributed by atoms with Crippen LogP contribution in [0.1, 0.15) is 24.5 Å². The number of hydrogen-bond donors (Lipinski definition) is 1. The first-order valence-electron chi connectivity index (χ1n) is 10.9. The molecule has 0 radical (unpaired) electrons. The van der Waals surface area contributed by atoms with Gasteiger partial charge in [0.25, 0.3) is 5.56 Å². The van der Waals surface area contributed by atoms with Crippen LogP contribution in [0.5, 0.6) is 11.6 Å². The van der Waals surface area contributed by atoms with Gasteiger partial charge in [-0.25, -0.2) is 4.68 Å². The van der Waals surface area contributed by atoms with Crippen molar-refractivity contribution in [3.05, 3.63) is 64.6 Å². The molecule has 174 valence electrons. The Bertz CT molecular complexity index is 1390. The molecular formula is C23H23N7O4. The second-order valence-corrected chi connectivity index (χ2v) is 7.92. The van der Waals surface area contributed by atoms with E-state index >= 15 is 0 Å². The number of hydrogen-bond acceptors (Lipinski definition) is 8. The summed E-state index contributed by atoms with van der Waals surface area (Å²) in [6, 6.07) is 14.1. The maximum atomic E-state index is 12.3. The number of ether oxygens (including phenoxy) is 2. The van der Waals surface area contributed by atoms with Crippen molar-refractivity contribution >= 4 is 11.6 Å². The lowest BCUT2D eigenvalue weighted by molar-refractivity contribution is -0.122. The number of methoxy groups -OCH3 is 1. The standard InChI is InChI=1S/C23H23N7O4/c1-33-17-4-2-3-16(13-17)23-26-25-19-8-9-21(28-30(19)23)34-12-11-24-20(31)14-29-22(32)10-7-18(27-29)15-5-6-15/h2-4,7-10,13,15H,5-6,11-12,14H2,1H3,(H,24,31). The molecule has 34 heavy (non-hydrogen) atoms. The number of amides is 1. The fraction of sp³-hybridized carbons (Fsp3) is 0.304. The number of nitrogens with zero attached hydrogens (tertiary/aromatic N) is 6. The molecule has 11 heteroatoms. The second kappa shape index (κ2) is 9.30. The summed E-state index contributed by atoms with van der Waals surface area (Å²) in [6.45, 7) is 0.319. The molecule has 0 atom stereocenters. The summed E-state index contributed by atoms with van der Waals surface area (Å²) in [5.41, 5.74) is 1.94. The smallest absolute Gasteiger partial charge is 0.267 e. The van der Waals surface area contributed by atoms with Crippen LogP contribution in [0.4, 0.5) is 0 Å². The van der Waals surface area contributed by atoms with E-state index in [0.29, 0.717) is 29.0 Å². The third kappa shape index (κ3) is 4.72. The van der Waals surface area contributed by atoms with E-state index in [1.165, 1.54) is 10.7 Å². The normalized spacial score (nSPS) is 13.1. The summed E-state index contributed by atoms with van der Waals surface area (Å²) >= 11 is 0. The Hall–Kier alpha value is -4.28. The molecular weight excluding hydrogens is 438 g/mol. The molecule has 1 N–H and O–H groups in total. The summed E-state index contributed by atoms with van der Waals surface area (Å²) in [7, 11) is 1.60. The SMILES string of the molecule is COc1cccc(-c2nnc3ccc(OCCNC(=O)Cn4nc(C5CC5)ccc4=O)nn23)c1. The first-order chi connectivity index (χ1) is 16.6. The number of carbonyl (C=O) groups is 1. The molecule has 1 aliphatic rings. The average Bonchev–Trinajstić information content (AvgIpc) is 3.62. The minimum Gasteiger partial charge on any atom is -0.497 e. The van der Waals surface area contributed by atoms with Crippen molar-refractivity contribution in [2.45, 2.75) is 25.3 Å². The molecule has 0 unspecified atom stereocenters. The van der Waals surface area contributed by atoms with E-state index in [4.69, 9.17) is 9.47 Å². The van der Waals surface area contributed by atoms with Crippen molar-refractivity contribution < 1.29 is 14.3 Å². The van der Waals surface area contributed by atoms with Crippen LogP contribution in [0, 0.1) is 0 Å². The highest BCUT2D eigenvalue weighted by Crippen LogP contribution is 2.38. The fourth-order valence-electron chi connectivity index (χ4n) is 3.50. The zero-order valence-electron chi connectivity index (χ0n) is 18.5.